The molecule has 0 unspecified atom stereocenters. The fourth-order valence-corrected chi connectivity index (χ4v) is 9.26. The van der Waals surface area contributed by atoms with Crippen molar-refractivity contribution >= 4 is 15.9 Å². The first kappa shape index (κ1) is 37.0. The van der Waals surface area contributed by atoms with Crippen molar-refractivity contribution in [3.05, 3.63) is 107 Å². The Morgan fingerprint density at radius 3 is 2.40 bits per heavy atom. The van der Waals surface area contributed by atoms with E-state index in [2.05, 4.69) is 32.7 Å². The molecule has 0 aliphatic carbocycles. The van der Waals surface area contributed by atoms with Crippen LogP contribution in [0.1, 0.15) is 54.5 Å². The number of carbonyl (C=O) groups excluding carboxylic acids is 1. The Morgan fingerprint density at radius 1 is 0.962 bits per heavy atom. The van der Waals surface area contributed by atoms with Crippen molar-refractivity contribution in [2.75, 3.05) is 32.8 Å². The lowest BCUT2D eigenvalue weighted by Gasteiger charge is -2.43. The van der Waals surface area contributed by atoms with Crippen molar-refractivity contribution in [3.8, 4) is 5.75 Å². The van der Waals surface area contributed by atoms with Crippen LogP contribution in [0, 0.1) is 0 Å². The maximum absolute atomic E-state index is 14.3. The van der Waals surface area contributed by atoms with Gasteiger partial charge in [0.25, 0.3) is 0 Å². The van der Waals surface area contributed by atoms with Crippen LogP contribution in [0.3, 0.4) is 0 Å². The van der Waals surface area contributed by atoms with Gasteiger partial charge in [0.15, 0.2) is 0 Å². The van der Waals surface area contributed by atoms with E-state index in [-0.39, 0.29) is 31.9 Å². The van der Waals surface area contributed by atoms with E-state index < -0.39 is 50.3 Å². The average Bonchev–Trinajstić information content (AvgIpc) is 3.79. The zero-order valence-corrected chi connectivity index (χ0v) is 30.1. The monoisotopic (exact) mass is 752 g/mol. The number of carbonyl (C=O) groups is 1. The highest BCUT2D eigenvalue weighted by molar-refractivity contribution is 7.89. The van der Waals surface area contributed by atoms with Gasteiger partial charge in [-0.2, -0.15) is 17.5 Å². The summed E-state index contributed by atoms with van der Waals surface area (Å²) in [7, 11) is -4.65. The van der Waals surface area contributed by atoms with Crippen molar-refractivity contribution in [1.82, 2.24) is 29.5 Å². The topological polar surface area (TPSA) is 119 Å². The second-order valence-electron chi connectivity index (χ2n) is 14.1. The highest BCUT2D eigenvalue weighted by Crippen LogP contribution is 2.39. The van der Waals surface area contributed by atoms with Gasteiger partial charge in [-0.3, -0.25) is 4.79 Å². The SMILES string of the molecule is O=C1NC2(CCOc3ccc(C(F)(F)F)cc3S(=O)(=O)N3C[C@H](OCc4cn(Cc5ccccc5)nn4)C[C@@H]13)CCN(CCCc1ccccc1)CC2. The number of fused-ring (bicyclic) bond motifs is 2. The average molecular weight is 753 g/mol. The molecule has 3 aliphatic rings. The molecule has 1 spiro atoms. The van der Waals surface area contributed by atoms with E-state index in [1.807, 2.05) is 48.5 Å². The van der Waals surface area contributed by atoms with E-state index in [0.29, 0.717) is 37.6 Å². The second kappa shape index (κ2) is 15.6. The summed E-state index contributed by atoms with van der Waals surface area (Å²) in [6.45, 7) is 2.63. The minimum Gasteiger partial charge on any atom is -0.492 e. The minimum absolute atomic E-state index is 0.00362. The number of aromatic nitrogens is 3. The first-order chi connectivity index (χ1) is 25.5. The Balaban J connectivity index is 1.09. The number of sulfonamides is 1. The van der Waals surface area contributed by atoms with Crippen LogP contribution in [-0.4, -0.2) is 89.0 Å². The smallest absolute Gasteiger partial charge is 0.416 e. The quantitative estimate of drug-likeness (QED) is 0.252. The summed E-state index contributed by atoms with van der Waals surface area (Å²) in [4.78, 5) is 15.9. The number of halogens is 3. The van der Waals surface area contributed by atoms with Gasteiger partial charge in [-0.1, -0.05) is 65.9 Å². The first-order valence-corrected chi connectivity index (χ1v) is 19.4. The molecule has 2 atom stereocenters. The molecule has 11 nitrogen and oxygen atoms in total. The van der Waals surface area contributed by atoms with E-state index >= 15 is 0 Å². The predicted molar refractivity (Wildman–Crippen MR) is 189 cm³/mol. The number of alkyl halides is 3. The van der Waals surface area contributed by atoms with Crippen molar-refractivity contribution < 1.29 is 35.9 Å². The van der Waals surface area contributed by atoms with E-state index in [9.17, 15) is 26.4 Å². The van der Waals surface area contributed by atoms with Crippen LogP contribution in [0.25, 0.3) is 0 Å². The summed E-state index contributed by atoms with van der Waals surface area (Å²) in [5, 5.41) is 11.6. The summed E-state index contributed by atoms with van der Waals surface area (Å²) in [5.74, 6) is -0.680. The molecule has 2 saturated heterocycles. The molecule has 53 heavy (non-hydrogen) atoms. The molecule has 0 saturated carbocycles. The zero-order valence-electron chi connectivity index (χ0n) is 29.2. The summed E-state index contributed by atoms with van der Waals surface area (Å²) in [6.07, 6.45) is -0.232. The molecule has 4 heterocycles. The molecule has 1 aromatic heterocycles. The predicted octanol–water partition coefficient (Wildman–Crippen LogP) is 5.06. The van der Waals surface area contributed by atoms with Crippen LogP contribution in [0.2, 0.25) is 0 Å². The molecular formula is C38H43F3N6O5S. The summed E-state index contributed by atoms with van der Waals surface area (Å²) < 4.78 is 84.9. The van der Waals surface area contributed by atoms with Gasteiger partial charge in [-0.05, 0) is 61.6 Å². The van der Waals surface area contributed by atoms with Gasteiger partial charge in [0, 0.05) is 38.0 Å². The lowest BCUT2D eigenvalue weighted by molar-refractivity contribution is -0.137. The van der Waals surface area contributed by atoms with E-state index in [4.69, 9.17) is 9.47 Å². The number of amides is 1. The highest BCUT2D eigenvalue weighted by atomic mass is 32.2. The third-order valence-corrected chi connectivity index (χ3v) is 12.3. The van der Waals surface area contributed by atoms with Gasteiger partial charge >= 0.3 is 6.18 Å². The van der Waals surface area contributed by atoms with Crippen LogP contribution >= 0.6 is 0 Å². The number of rotatable bonds is 9. The maximum Gasteiger partial charge on any atom is 0.416 e. The van der Waals surface area contributed by atoms with E-state index in [0.717, 1.165) is 54.5 Å². The standard InChI is InChI=1S/C38H43F3N6O5S/c39-38(40,41)30-13-14-34-35(22-30)53(49,50)47-26-32(52-27-31-25-46(44-43-31)24-29-10-5-2-6-11-29)23-33(47)36(48)42-37(17-21-51-34)15-19-45(20-16-37)18-7-12-28-8-3-1-4-9-28/h1-6,8-11,13-14,22,25,32-33H,7,12,15-21,23-24,26-27H2,(H,42,48)/t32-,33+/m1/s1. The molecule has 2 fully saturated rings. The molecule has 282 valence electrons. The molecule has 0 bridgehead atoms. The Bertz CT molecular complexity index is 1970. The fraction of sp³-hybridized carbons (Fsp3) is 0.447. The van der Waals surface area contributed by atoms with Crippen LogP contribution < -0.4 is 10.1 Å². The normalized spacial score (nSPS) is 22.0. The molecule has 4 aromatic rings. The number of ether oxygens (including phenoxy) is 2. The van der Waals surface area contributed by atoms with Gasteiger partial charge in [0.1, 0.15) is 22.4 Å². The maximum atomic E-state index is 14.3. The van der Waals surface area contributed by atoms with Gasteiger partial charge < -0.3 is 19.7 Å². The Kier molecular flexibility index (Phi) is 10.9. The lowest BCUT2D eigenvalue weighted by atomic mass is 9.84. The van der Waals surface area contributed by atoms with Gasteiger partial charge in [0.05, 0.1) is 37.6 Å². The Hall–Kier alpha value is -4.31. The number of nitrogens with zero attached hydrogens (tertiary/aromatic N) is 5. The van der Waals surface area contributed by atoms with E-state index in [1.54, 1.807) is 10.9 Å². The molecular weight excluding hydrogens is 710 g/mol. The lowest BCUT2D eigenvalue weighted by Crippen LogP contribution is -2.59. The largest absolute Gasteiger partial charge is 0.492 e. The zero-order chi connectivity index (χ0) is 37.1. The van der Waals surface area contributed by atoms with Crippen molar-refractivity contribution in [1.29, 1.82) is 0 Å². The molecule has 7 rings (SSSR count). The van der Waals surface area contributed by atoms with Crippen molar-refractivity contribution in [2.45, 2.75) is 80.4 Å². The van der Waals surface area contributed by atoms with Crippen LogP contribution in [0.15, 0.2) is 90.0 Å². The van der Waals surface area contributed by atoms with Crippen LogP contribution in [-0.2, 0) is 45.3 Å². The van der Waals surface area contributed by atoms with Gasteiger partial charge in [-0.15, -0.1) is 5.10 Å². The minimum atomic E-state index is -4.79. The molecule has 0 radical (unpaired) electrons. The first-order valence-electron chi connectivity index (χ1n) is 18.0. The summed E-state index contributed by atoms with van der Waals surface area (Å²) >= 11 is 0. The molecule has 1 amide bonds. The third-order valence-electron chi connectivity index (χ3n) is 10.4. The van der Waals surface area contributed by atoms with Crippen molar-refractivity contribution in [3.63, 3.8) is 0 Å². The summed E-state index contributed by atoms with van der Waals surface area (Å²) in [5.41, 5.74) is 1.02. The number of nitrogens with one attached hydrogen (secondary N) is 1. The number of piperidine rings is 1. The number of benzene rings is 3. The van der Waals surface area contributed by atoms with Crippen LogP contribution in [0.5, 0.6) is 5.75 Å². The highest BCUT2D eigenvalue weighted by Gasteiger charge is 2.48. The number of aryl methyl sites for hydroxylation is 1. The van der Waals surface area contributed by atoms with Gasteiger partial charge in [-0.25, -0.2) is 13.1 Å². The van der Waals surface area contributed by atoms with Gasteiger partial charge in [0.2, 0.25) is 15.9 Å². The Labute approximate surface area is 307 Å². The summed E-state index contributed by atoms with van der Waals surface area (Å²) in [6, 6.07) is 21.3. The number of likely N-dealkylation sites (tertiary alicyclic amines) is 1. The molecule has 3 aromatic carbocycles. The van der Waals surface area contributed by atoms with E-state index in [1.165, 1.54) is 5.56 Å². The third kappa shape index (κ3) is 8.75. The second-order valence-corrected chi connectivity index (χ2v) is 16.0. The molecule has 3 aliphatic heterocycles. The fourth-order valence-electron chi connectivity index (χ4n) is 7.48. The van der Waals surface area contributed by atoms with Crippen LogP contribution in [0.4, 0.5) is 13.2 Å². The molecule has 15 heteroatoms. The number of hydrogen-bond donors (Lipinski definition) is 1. The molecule has 1 N–H and O–H groups in total. The van der Waals surface area contributed by atoms with Crippen molar-refractivity contribution in [2.24, 2.45) is 0 Å². The Morgan fingerprint density at radius 2 is 1.68 bits per heavy atom. The number of hydrogen-bond acceptors (Lipinski definition) is 8.